The molecular formula is C13H24F2O. The molecule has 0 radical (unpaired) electrons. The van der Waals surface area contributed by atoms with Gasteiger partial charge in [-0.15, -0.1) is 0 Å². The van der Waals surface area contributed by atoms with E-state index in [1.165, 1.54) is 19.3 Å². The zero-order valence-corrected chi connectivity index (χ0v) is 10.2. The third kappa shape index (κ3) is 10.1. The minimum Gasteiger partial charge on any atom is -0.392 e. The Morgan fingerprint density at radius 1 is 1.00 bits per heavy atom. The summed E-state index contributed by atoms with van der Waals surface area (Å²) in [6.45, 7) is 1.85. The van der Waals surface area contributed by atoms with E-state index >= 15 is 0 Å². The number of allylic oxidation sites excluding steroid dienone is 1. The van der Waals surface area contributed by atoms with Crippen molar-refractivity contribution in [2.45, 2.75) is 64.2 Å². The number of alkyl halides is 2. The largest absolute Gasteiger partial charge is 0.392 e. The van der Waals surface area contributed by atoms with Gasteiger partial charge in [0.2, 0.25) is 0 Å². The maximum Gasteiger partial charge on any atom is 0.266 e. The fraction of sp³-hybridized carbons (Fsp3) is 0.846. The second-order valence-electron chi connectivity index (χ2n) is 4.22. The number of unbranched alkanes of at least 4 members (excludes halogenated alkanes) is 6. The molecule has 0 atom stereocenters. The summed E-state index contributed by atoms with van der Waals surface area (Å²) < 4.78 is 26.1. The van der Waals surface area contributed by atoms with Crippen molar-refractivity contribution >= 4 is 0 Å². The highest BCUT2D eigenvalue weighted by atomic mass is 19.3. The third-order valence-electron chi connectivity index (χ3n) is 2.58. The molecule has 0 aliphatic rings. The van der Waals surface area contributed by atoms with E-state index in [-0.39, 0.29) is 13.0 Å². The molecule has 0 unspecified atom stereocenters. The van der Waals surface area contributed by atoms with Crippen LogP contribution in [0, 0.1) is 0 Å². The SMILES string of the molecule is CCCCCCCCCC(F)(F)C=CCO. The molecule has 0 fully saturated rings. The molecule has 0 bridgehead atoms. The molecule has 0 spiro atoms. The quantitative estimate of drug-likeness (QED) is 0.441. The van der Waals surface area contributed by atoms with E-state index < -0.39 is 5.92 Å². The summed E-state index contributed by atoms with van der Waals surface area (Å²) in [4.78, 5) is 0. The first kappa shape index (κ1) is 15.6. The van der Waals surface area contributed by atoms with Gasteiger partial charge in [0.1, 0.15) is 0 Å². The van der Waals surface area contributed by atoms with Crippen LogP contribution in [0.5, 0.6) is 0 Å². The highest BCUT2D eigenvalue weighted by Gasteiger charge is 2.23. The van der Waals surface area contributed by atoms with Crippen molar-refractivity contribution in [2.24, 2.45) is 0 Å². The predicted molar refractivity (Wildman–Crippen MR) is 63.8 cm³/mol. The molecule has 0 rings (SSSR count). The van der Waals surface area contributed by atoms with Crippen LogP contribution in [0.3, 0.4) is 0 Å². The Morgan fingerprint density at radius 3 is 2.12 bits per heavy atom. The molecular weight excluding hydrogens is 210 g/mol. The summed E-state index contributed by atoms with van der Waals surface area (Å²) >= 11 is 0. The number of aliphatic hydroxyl groups excluding tert-OH is 1. The summed E-state index contributed by atoms with van der Waals surface area (Å²) in [5.41, 5.74) is 0. The normalized spacial score (nSPS) is 12.5. The van der Waals surface area contributed by atoms with Crippen LogP contribution in [0.4, 0.5) is 8.78 Å². The highest BCUT2D eigenvalue weighted by Crippen LogP contribution is 2.23. The Hall–Kier alpha value is -0.440. The number of aliphatic hydroxyl groups is 1. The number of halogens is 2. The lowest BCUT2D eigenvalue weighted by Crippen LogP contribution is -2.11. The summed E-state index contributed by atoms with van der Waals surface area (Å²) in [7, 11) is 0. The maximum atomic E-state index is 13.0. The second kappa shape index (κ2) is 9.76. The first-order valence-corrected chi connectivity index (χ1v) is 6.29. The molecule has 0 saturated heterocycles. The molecule has 3 heteroatoms. The van der Waals surface area contributed by atoms with Crippen LogP contribution in [-0.4, -0.2) is 17.6 Å². The third-order valence-corrected chi connectivity index (χ3v) is 2.58. The monoisotopic (exact) mass is 234 g/mol. The first-order chi connectivity index (χ1) is 7.62. The second-order valence-corrected chi connectivity index (χ2v) is 4.22. The van der Waals surface area contributed by atoms with Gasteiger partial charge < -0.3 is 5.11 Å². The number of rotatable bonds is 10. The van der Waals surface area contributed by atoms with Crippen molar-refractivity contribution in [2.75, 3.05) is 6.61 Å². The van der Waals surface area contributed by atoms with Crippen LogP contribution in [-0.2, 0) is 0 Å². The highest BCUT2D eigenvalue weighted by molar-refractivity contribution is 4.94. The minimum absolute atomic E-state index is 0.0999. The van der Waals surface area contributed by atoms with Crippen LogP contribution >= 0.6 is 0 Å². The summed E-state index contributed by atoms with van der Waals surface area (Å²) in [5.74, 6) is -2.74. The van der Waals surface area contributed by atoms with Crippen LogP contribution in [0.15, 0.2) is 12.2 Å². The zero-order valence-electron chi connectivity index (χ0n) is 10.2. The molecule has 0 amide bonds. The van der Waals surface area contributed by atoms with E-state index in [4.69, 9.17) is 5.11 Å². The van der Waals surface area contributed by atoms with Crippen molar-refractivity contribution in [1.82, 2.24) is 0 Å². The lowest BCUT2D eigenvalue weighted by atomic mass is 10.1. The predicted octanol–water partition coefficient (Wildman–Crippen LogP) is 4.31. The Kier molecular flexibility index (Phi) is 9.49. The van der Waals surface area contributed by atoms with Gasteiger partial charge in [0.25, 0.3) is 5.92 Å². The Labute approximate surface area is 97.6 Å². The molecule has 0 aromatic heterocycles. The Morgan fingerprint density at radius 2 is 1.56 bits per heavy atom. The topological polar surface area (TPSA) is 20.2 Å². The van der Waals surface area contributed by atoms with Gasteiger partial charge in [0, 0.05) is 6.42 Å². The maximum absolute atomic E-state index is 13.0. The molecule has 96 valence electrons. The number of hydrogen-bond acceptors (Lipinski definition) is 1. The average Bonchev–Trinajstić information content (AvgIpc) is 2.25. The van der Waals surface area contributed by atoms with E-state index in [1.807, 2.05) is 0 Å². The smallest absolute Gasteiger partial charge is 0.266 e. The van der Waals surface area contributed by atoms with Gasteiger partial charge in [-0.25, -0.2) is 8.78 Å². The molecule has 0 aliphatic heterocycles. The van der Waals surface area contributed by atoms with Crippen molar-refractivity contribution in [3.05, 3.63) is 12.2 Å². The van der Waals surface area contributed by atoms with Gasteiger partial charge in [-0.1, -0.05) is 51.5 Å². The van der Waals surface area contributed by atoms with E-state index in [0.29, 0.717) is 6.42 Å². The molecule has 0 aromatic rings. The van der Waals surface area contributed by atoms with Gasteiger partial charge in [-0.2, -0.15) is 0 Å². The summed E-state index contributed by atoms with van der Waals surface area (Å²) in [5, 5.41) is 8.40. The van der Waals surface area contributed by atoms with Crippen LogP contribution in [0.25, 0.3) is 0 Å². The average molecular weight is 234 g/mol. The Bertz CT molecular complexity index is 179. The summed E-state index contributed by atoms with van der Waals surface area (Å²) in [6, 6.07) is 0. The molecule has 1 nitrogen and oxygen atoms in total. The Balaban J connectivity index is 3.39. The molecule has 0 aromatic carbocycles. The molecule has 0 heterocycles. The van der Waals surface area contributed by atoms with Crippen LogP contribution in [0.2, 0.25) is 0 Å². The standard InChI is InChI=1S/C13H24F2O/c1-2-3-4-5-6-7-8-10-13(14,15)11-9-12-16/h9,11,16H,2-8,10,12H2,1H3. The van der Waals surface area contributed by atoms with Crippen molar-refractivity contribution in [3.8, 4) is 0 Å². The van der Waals surface area contributed by atoms with Gasteiger partial charge in [-0.05, 0) is 12.5 Å². The molecule has 0 aliphatic carbocycles. The molecule has 0 saturated carbocycles. The van der Waals surface area contributed by atoms with Gasteiger partial charge >= 0.3 is 0 Å². The van der Waals surface area contributed by atoms with Crippen molar-refractivity contribution in [3.63, 3.8) is 0 Å². The fourth-order valence-corrected chi connectivity index (χ4v) is 1.63. The zero-order chi connectivity index (χ0) is 12.3. The first-order valence-electron chi connectivity index (χ1n) is 6.29. The number of hydrogen-bond donors (Lipinski definition) is 1. The van der Waals surface area contributed by atoms with Crippen LogP contribution < -0.4 is 0 Å². The lowest BCUT2D eigenvalue weighted by Gasteiger charge is -2.11. The molecule has 1 N–H and O–H groups in total. The van der Waals surface area contributed by atoms with Gasteiger partial charge in [-0.3, -0.25) is 0 Å². The van der Waals surface area contributed by atoms with Crippen LogP contribution in [0.1, 0.15) is 58.3 Å². The van der Waals surface area contributed by atoms with E-state index in [0.717, 1.165) is 31.4 Å². The van der Waals surface area contributed by atoms with E-state index in [9.17, 15) is 8.78 Å². The minimum atomic E-state index is -2.74. The van der Waals surface area contributed by atoms with Crippen molar-refractivity contribution < 1.29 is 13.9 Å². The van der Waals surface area contributed by atoms with Gasteiger partial charge in [0.05, 0.1) is 6.61 Å². The fourth-order valence-electron chi connectivity index (χ4n) is 1.63. The van der Waals surface area contributed by atoms with Crippen molar-refractivity contribution in [1.29, 1.82) is 0 Å². The molecule has 16 heavy (non-hydrogen) atoms. The van der Waals surface area contributed by atoms with Gasteiger partial charge in [0.15, 0.2) is 0 Å². The van der Waals surface area contributed by atoms with E-state index in [2.05, 4.69) is 6.92 Å². The summed E-state index contributed by atoms with van der Waals surface area (Å²) in [6.07, 6.45) is 9.16. The van der Waals surface area contributed by atoms with E-state index in [1.54, 1.807) is 0 Å². The lowest BCUT2D eigenvalue weighted by molar-refractivity contribution is 0.0420.